The first-order chi connectivity index (χ1) is 13.0. The Morgan fingerprint density at radius 1 is 1.04 bits per heavy atom. The largest absolute Gasteiger partial charge is 0.379 e. The summed E-state index contributed by atoms with van der Waals surface area (Å²) in [5, 5.41) is 3.84. The third-order valence-corrected chi connectivity index (χ3v) is 5.84. The van der Waals surface area contributed by atoms with Crippen molar-refractivity contribution in [2.24, 2.45) is 5.92 Å². The molecule has 0 aliphatic carbocycles. The van der Waals surface area contributed by atoms with Gasteiger partial charge in [-0.2, -0.15) is 0 Å². The topological polar surface area (TPSA) is 12.0 Å². The molecule has 0 amide bonds. The number of nitrogens with one attached hydrogen (secondary N) is 1. The zero-order valence-electron chi connectivity index (χ0n) is 17.3. The number of benzene rings is 2. The molecule has 0 heterocycles. The first kappa shape index (κ1) is 20.8. The summed E-state index contributed by atoms with van der Waals surface area (Å²) in [5.74, 6) is 0.276. The molecule has 0 fully saturated rings. The highest BCUT2D eigenvalue weighted by Crippen LogP contribution is 2.40. The van der Waals surface area contributed by atoms with E-state index in [2.05, 4.69) is 107 Å². The Hall–Kier alpha value is -2.54. The van der Waals surface area contributed by atoms with E-state index < -0.39 is 0 Å². The summed E-state index contributed by atoms with van der Waals surface area (Å²) in [6.45, 7) is 17.4. The molecule has 2 aromatic rings. The Labute approximate surface area is 165 Å². The van der Waals surface area contributed by atoms with Crippen molar-refractivity contribution >= 4 is 11.3 Å². The van der Waals surface area contributed by atoms with Crippen LogP contribution in [0.2, 0.25) is 0 Å². The summed E-state index contributed by atoms with van der Waals surface area (Å²) in [5.41, 5.74) is 5.89. The van der Waals surface area contributed by atoms with Crippen LogP contribution < -0.4 is 5.32 Å². The molecule has 142 valence electrons. The summed E-state index contributed by atoms with van der Waals surface area (Å²) < 4.78 is 0. The molecular formula is C26H33N. The molecule has 0 aliphatic rings. The van der Waals surface area contributed by atoms with E-state index in [1.807, 2.05) is 6.08 Å². The van der Waals surface area contributed by atoms with E-state index in [4.69, 9.17) is 0 Å². The molecule has 1 N–H and O–H groups in total. The number of aryl methyl sites for hydroxylation is 1. The fraction of sp³-hybridized carbons (Fsp3) is 0.308. The summed E-state index contributed by atoms with van der Waals surface area (Å²) in [6.07, 6.45) is 6.06. The highest BCUT2D eigenvalue weighted by atomic mass is 15.0. The van der Waals surface area contributed by atoms with Crippen LogP contribution >= 0.6 is 0 Å². The zero-order chi connectivity index (χ0) is 19.9. The third kappa shape index (κ3) is 4.60. The van der Waals surface area contributed by atoms with Crippen molar-refractivity contribution in [3.8, 4) is 0 Å². The van der Waals surface area contributed by atoms with Crippen LogP contribution in [-0.4, -0.2) is 5.54 Å². The van der Waals surface area contributed by atoms with Crippen LogP contribution in [0.5, 0.6) is 0 Å². The van der Waals surface area contributed by atoms with E-state index >= 15 is 0 Å². The molecule has 1 unspecified atom stereocenters. The van der Waals surface area contributed by atoms with Crippen molar-refractivity contribution in [1.82, 2.24) is 0 Å². The normalized spacial score (nSPS) is 13.1. The van der Waals surface area contributed by atoms with Crippen molar-refractivity contribution in [1.29, 1.82) is 0 Å². The maximum absolute atomic E-state index is 4.47. The molecule has 1 nitrogen and oxygen atoms in total. The summed E-state index contributed by atoms with van der Waals surface area (Å²) in [6, 6.07) is 18.9. The molecule has 27 heavy (non-hydrogen) atoms. The van der Waals surface area contributed by atoms with Gasteiger partial charge in [0.05, 0.1) is 0 Å². The van der Waals surface area contributed by atoms with Crippen LogP contribution in [0.25, 0.3) is 5.57 Å². The Balaban J connectivity index is 2.44. The van der Waals surface area contributed by atoms with E-state index in [0.717, 1.165) is 24.1 Å². The quantitative estimate of drug-likeness (QED) is 0.459. The van der Waals surface area contributed by atoms with Gasteiger partial charge in [-0.05, 0) is 54.2 Å². The maximum Gasteiger partial charge on any atom is 0.0434 e. The molecule has 2 rings (SSSR count). The minimum absolute atomic E-state index is 0.0537. The lowest BCUT2D eigenvalue weighted by molar-refractivity contribution is 0.340. The zero-order valence-corrected chi connectivity index (χ0v) is 17.3. The van der Waals surface area contributed by atoms with Crippen LogP contribution in [0.1, 0.15) is 44.7 Å². The van der Waals surface area contributed by atoms with E-state index in [-0.39, 0.29) is 11.5 Å². The van der Waals surface area contributed by atoms with Crippen LogP contribution in [0, 0.1) is 12.8 Å². The van der Waals surface area contributed by atoms with Gasteiger partial charge in [0.25, 0.3) is 0 Å². The fourth-order valence-electron chi connectivity index (χ4n) is 3.95. The molecule has 0 saturated heterocycles. The van der Waals surface area contributed by atoms with Gasteiger partial charge in [-0.25, -0.2) is 0 Å². The van der Waals surface area contributed by atoms with Gasteiger partial charge in [-0.1, -0.05) is 88.5 Å². The summed E-state index contributed by atoms with van der Waals surface area (Å²) in [7, 11) is 0. The second kappa shape index (κ2) is 9.41. The Morgan fingerprint density at radius 3 is 2.19 bits per heavy atom. The van der Waals surface area contributed by atoms with Crippen molar-refractivity contribution in [3.05, 3.63) is 96.6 Å². The minimum atomic E-state index is -0.0537. The Morgan fingerprint density at radius 2 is 1.63 bits per heavy atom. The summed E-state index contributed by atoms with van der Waals surface area (Å²) >= 11 is 0. The van der Waals surface area contributed by atoms with E-state index in [9.17, 15) is 0 Å². The van der Waals surface area contributed by atoms with Gasteiger partial charge >= 0.3 is 0 Å². The van der Waals surface area contributed by atoms with Crippen molar-refractivity contribution < 1.29 is 0 Å². The number of hydrogen-bond acceptors (Lipinski definition) is 1. The molecule has 0 bridgehead atoms. The Kier molecular flexibility index (Phi) is 7.24. The average Bonchev–Trinajstić information content (AvgIpc) is 2.70. The number of rotatable bonds is 9. The minimum Gasteiger partial charge on any atom is -0.379 e. The first-order valence-electron chi connectivity index (χ1n) is 9.90. The highest BCUT2D eigenvalue weighted by molar-refractivity contribution is 5.80. The van der Waals surface area contributed by atoms with E-state index in [1.54, 1.807) is 0 Å². The van der Waals surface area contributed by atoms with Crippen molar-refractivity contribution in [2.75, 3.05) is 5.32 Å². The molecule has 0 radical (unpaired) electrons. The van der Waals surface area contributed by atoms with E-state index in [1.165, 1.54) is 16.7 Å². The molecule has 0 aliphatic heterocycles. The average molecular weight is 360 g/mol. The number of para-hydroxylation sites is 1. The second-order valence-corrected chi connectivity index (χ2v) is 7.23. The fourth-order valence-corrected chi connectivity index (χ4v) is 3.95. The van der Waals surface area contributed by atoms with Gasteiger partial charge in [-0.3, -0.25) is 0 Å². The highest BCUT2D eigenvalue weighted by Gasteiger charge is 2.35. The van der Waals surface area contributed by atoms with Gasteiger partial charge in [-0.15, -0.1) is 0 Å². The van der Waals surface area contributed by atoms with Crippen LogP contribution in [0.4, 0.5) is 5.69 Å². The molecule has 2 aromatic carbocycles. The number of hydrogen-bond donors (Lipinski definition) is 1. The van der Waals surface area contributed by atoms with Crippen LogP contribution in [-0.2, 0) is 0 Å². The Bertz CT molecular complexity index is 794. The lowest BCUT2D eigenvalue weighted by atomic mass is 9.73. The standard InChI is InChI=1S/C26H33N/c1-7-15-25(21(5)24-19-14-13-16-20(24)4)22(6)26(8-2,9-3)27-23-17-11-10-12-18-23/h7,10-19,22,27H,1,5,8-9H2,2-4,6H3/b25-15-. The SMILES string of the molecule is C=C/C=C(/C(=C)c1ccccc1C)C(C)C(CC)(CC)Nc1ccccc1. The van der Waals surface area contributed by atoms with Gasteiger partial charge in [0.1, 0.15) is 0 Å². The smallest absolute Gasteiger partial charge is 0.0434 e. The molecule has 1 atom stereocenters. The predicted molar refractivity (Wildman–Crippen MR) is 121 cm³/mol. The van der Waals surface area contributed by atoms with Crippen LogP contribution in [0.15, 0.2) is 85.5 Å². The lowest BCUT2D eigenvalue weighted by Gasteiger charge is -2.41. The van der Waals surface area contributed by atoms with Gasteiger partial charge in [0.15, 0.2) is 0 Å². The first-order valence-corrected chi connectivity index (χ1v) is 9.90. The maximum atomic E-state index is 4.47. The van der Waals surface area contributed by atoms with Gasteiger partial charge < -0.3 is 5.32 Å². The van der Waals surface area contributed by atoms with Crippen LogP contribution in [0.3, 0.4) is 0 Å². The van der Waals surface area contributed by atoms with Crippen molar-refractivity contribution in [3.63, 3.8) is 0 Å². The molecule has 1 heteroatoms. The third-order valence-electron chi connectivity index (χ3n) is 5.84. The molecular weight excluding hydrogens is 326 g/mol. The lowest BCUT2D eigenvalue weighted by Crippen LogP contribution is -2.44. The van der Waals surface area contributed by atoms with Gasteiger partial charge in [0, 0.05) is 17.1 Å². The summed E-state index contributed by atoms with van der Waals surface area (Å²) in [4.78, 5) is 0. The van der Waals surface area contributed by atoms with Gasteiger partial charge in [0.2, 0.25) is 0 Å². The molecule has 0 aromatic heterocycles. The second-order valence-electron chi connectivity index (χ2n) is 7.23. The van der Waals surface area contributed by atoms with E-state index in [0.29, 0.717) is 0 Å². The molecule has 0 spiro atoms. The molecule has 0 saturated carbocycles. The number of allylic oxidation sites excluding steroid dienone is 3. The predicted octanol–water partition coefficient (Wildman–Crippen LogP) is 7.43. The monoisotopic (exact) mass is 359 g/mol. The number of anilines is 1. The van der Waals surface area contributed by atoms with Crippen molar-refractivity contribution in [2.45, 2.75) is 46.1 Å².